The summed E-state index contributed by atoms with van der Waals surface area (Å²) in [6, 6.07) is 25.0. The van der Waals surface area contributed by atoms with Gasteiger partial charge in [0.15, 0.2) is 0 Å². The van der Waals surface area contributed by atoms with Gasteiger partial charge < -0.3 is 18.9 Å². The van der Waals surface area contributed by atoms with Gasteiger partial charge in [0.1, 0.15) is 23.7 Å². The van der Waals surface area contributed by atoms with Gasteiger partial charge in [-0.15, -0.1) is 0 Å². The first-order chi connectivity index (χ1) is 19.5. The van der Waals surface area contributed by atoms with Gasteiger partial charge in [-0.3, -0.25) is 0 Å². The Morgan fingerprint density at radius 2 is 1.40 bits per heavy atom. The maximum absolute atomic E-state index is 7.15. The third-order valence-electron chi connectivity index (χ3n) is 7.97. The lowest BCUT2D eigenvalue weighted by Crippen LogP contribution is -2.29. The molecule has 1 aliphatic carbocycles. The highest BCUT2D eigenvalue weighted by Gasteiger charge is 2.37. The molecule has 40 heavy (non-hydrogen) atoms. The van der Waals surface area contributed by atoms with E-state index >= 15 is 0 Å². The largest absolute Gasteiger partial charge is 0.488 e. The molecule has 2 heterocycles. The van der Waals surface area contributed by atoms with E-state index in [-0.39, 0.29) is 17.6 Å². The van der Waals surface area contributed by atoms with E-state index in [0.29, 0.717) is 13.2 Å². The zero-order valence-corrected chi connectivity index (χ0v) is 24.0. The van der Waals surface area contributed by atoms with Gasteiger partial charge in [-0.1, -0.05) is 65.7 Å². The molecule has 1 unspecified atom stereocenters. The number of allylic oxidation sites excluding steroid dienone is 4. The lowest BCUT2D eigenvalue weighted by Gasteiger charge is -2.37. The van der Waals surface area contributed by atoms with Crippen LogP contribution in [0.3, 0.4) is 0 Å². The van der Waals surface area contributed by atoms with Gasteiger partial charge in [-0.05, 0) is 84.0 Å². The average molecular weight is 578 g/mol. The summed E-state index contributed by atoms with van der Waals surface area (Å²) in [5, 5.41) is 1.60. The van der Waals surface area contributed by atoms with Crippen LogP contribution in [0.4, 0.5) is 0 Å². The summed E-state index contributed by atoms with van der Waals surface area (Å²) in [7, 11) is 0. The van der Waals surface area contributed by atoms with Crippen LogP contribution in [-0.2, 0) is 22.3 Å². The first kappa shape index (κ1) is 27.4. The molecule has 3 aromatic carbocycles. The highest BCUT2D eigenvalue weighted by atomic mass is 35.5. The van der Waals surface area contributed by atoms with Crippen molar-refractivity contribution in [2.45, 2.75) is 44.3 Å². The molecule has 0 saturated carbocycles. The van der Waals surface area contributed by atoms with Gasteiger partial charge in [0, 0.05) is 28.3 Å². The minimum absolute atomic E-state index is 0.110. The maximum atomic E-state index is 7.15. The van der Waals surface area contributed by atoms with Crippen LogP contribution in [-0.4, -0.2) is 38.6 Å². The predicted octanol–water partition coefficient (Wildman–Crippen LogP) is 8.06. The molecule has 6 rings (SSSR count). The van der Waals surface area contributed by atoms with Crippen molar-refractivity contribution in [2.24, 2.45) is 5.41 Å². The normalized spacial score (nSPS) is 24.4. The van der Waals surface area contributed by atoms with E-state index in [1.165, 1.54) is 16.7 Å². The summed E-state index contributed by atoms with van der Waals surface area (Å²) in [6.45, 7) is 2.82. The molecule has 3 aliphatic rings. The quantitative estimate of drug-likeness (QED) is 0.258. The highest BCUT2D eigenvalue weighted by molar-refractivity contribution is 6.31. The lowest BCUT2D eigenvalue weighted by atomic mass is 9.69. The molecule has 3 aromatic rings. The third kappa shape index (κ3) is 6.58. The van der Waals surface area contributed by atoms with Gasteiger partial charge >= 0.3 is 0 Å². The first-order valence-electron chi connectivity index (χ1n) is 14.0. The van der Waals surface area contributed by atoms with E-state index in [9.17, 15) is 0 Å². The van der Waals surface area contributed by atoms with Crippen LogP contribution < -0.4 is 9.47 Å². The van der Waals surface area contributed by atoms with E-state index in [1.54, 1.807) is 0 Å². The highest BCUT2D eigenvalue weighted by Crippen LogP contribution is 2.48. The fraction of sp³-hybridized carbons (Fsp3) is 0.353. The second-order valence-corrected chi connectivity index (χ2v) is 11.9. The molecule has 2 fully saturated rings. The maximum Gasteiger partial charge on any atom is 0.124 e. The molecule has 0 N–H and O–H groups in total. The van der Waals surface area contributed by atoms with Crippen LogP contribution in [0.15, 0.2) is 90.0 Å². The van der Waals surface area contributed by atoms with Crippen molar-refractivity contribution < 1.29 is 18.9 Å². The van der Waals surface area contributed by atoms with E-state index in [1.807, 2.05) is 18.2 Å². The van der Waals surface area contributed by atoms with Crippen LogP contribution in [0.2, 0.25) is 5.02 Å². The summed E-state index contributed by atoms with van der Waals surface area (Å²) in [6.07, 6.45) is 8.69. The molecule has 0 aromatic heterocycles. The van der Waals surface area contributed by atoms with Gasteiger partial charge in [0.05, 0.1) is 26.4 Å². The van der Waals surface area contributed by atoms with Crippen molar-refractivity contribution in [1.29, 1.82) is 0 Å². The summed E-state index contributed by atoms with van der Waals surface area (Å²) in [5.74, 6) is 1.76. The van der Waals surface area contributed by atoms with E-state index in [2.05, 4.69) is 66.7 Å². The number of hydrogen-bond donors (Lipinski definition) is 0. The Bertz CT molecular complexity index is 1350. The Kier molecular flexibility index (Phi) is 8.50. The summed E-state index contributed by atoms with van der Waals surface area (Å²) < 4.78 is 23.3. The topological polar surface area (TPSA) is 36.9 Å². The number of rotatable bonds is 9. The van der Waals surface area contributed by atoms with Crippen LogP contribution in [0.25, 0.3) is 5.57 Å². The van der Waals surface area contributed by atoms with Crippen molar-refractivity contribution in [3.63, 3.8) is 0 Å². The molecule has 0 spiro atoms. The third-order valence-corrected chi connectivity index (χ3v) is 8.75. The summed E-state index contributed by atoms with van der Waals surface area (Å²) in [5.41, 5.74) is 4.51. The van der Waals surface area contributed by atoms with Gasteiger partial charge in [0.25, 0.3) is 0 Å². The SMILES string of the molecule is ClC1=CC=C(c2ccc(Cl)cc2)CC1(Cc1ccc(O[C@H]2CCOC2)cc1)Cc1cccc(O[C@H]2CCOC2)c1. The molecule has 0 bridgehead atoms. The zero-order chi connectivity index (χ0) is 27.4. The number of benzene rings is 3. The molecule has 3 atom stereocenters. The molecule has 0 amide bonds. The molecule has 2 saturated heterocycles. The molecule has 4 nitrogen and oxygen atoms in total. The molecular weight excluding hydrogens is 543 g/mol. The van der Waals surface area contributed by atoms with Crippen molar-refractivity contribution in [3.05, 3.63) is 112 Å². The van der Waals surface area contributed by atoms with Gasteiger partial charge in [0.2, 0.25) is 0 Å². The number of hydrogen-bond acceptors (Lipinski definition) is 4. The number of halogens is 2. The molecular formula is C34H34Cl2O4. The van der Waals surface area contributed by atoms with Crippen LogP contribution >= 0.6 is 23.2 Å². The molecule has 208 valence electrons. The second-order valence-electron chi connectivity index (χ2n) is 11.0. The Morgan fingerprint density at radius 3 is 2.08 bits per heavy atom. The van der Waals surface area contributed by atoms with E-state index < -0.39 is 0 Å². The average Bonchev–Trinajstić information content (AvgIpc) is 3.67. The Balaban J connectivity index is 1.27. The van der Waals surface area contributed by atoms with Crippen LogP contribution in [0, 0.1) is 5.41 Å². The van der Waals surface area contributed by atoms with Crippen molar-refractivity contribution in [2.75, 3.05) is 26.4 Å². The molecule has 2 aliphatic heterocycles. The van der Waals surface area contributed by atoms with Crippen LogP contribution in [0.1, 0.15) is 36.0 Å². The Hall–Kier alpha value is -2.76. The predicted molar refractivity (Wildman–Crippen MR) is 160 cm³/mol. The first-order valence-corrected chi connectivity index (χ1v) is 14.8. The standard InChI is InChI=1S/C34H34Cl2O4/c35-28-9-6-26(7-10-28)27-8-13-33(36)34(21-27,19-24-4-11-29(12-5-24)39-31-14-16-37-22-31)20-25-2-1-3-30(18-25)40-32-15-17-38-23-32/h1-13,18,31-32H,14-17,19-23H2/t31-,32-,34?/m0/s1. The van der Waals surface area contributed by atoms with Crippen molar-refractivity contribution in [1.82, 2.24) is 0 Å². The van der Waals surface area contributed by atoms with Gasteiger partial charge in [-0.25, -0.2) is 0 Å². The van der Waals surface area contributed by atoms with Gasteiger partial charge in [-0.2, -0.15) is 0 Å². The van der Waals surface area contributed by atoms with E-state index in [4.69, 9.17) is 42.1 Å². The van der Waals surface area contributed by atoms with Crippen molar-refractivity contribution >= 4 is 28.8 Å². The molecule has 6 heteroatoms. The van der Waals surface area contributed by atoms with Crippen LogP contribution in [0.5, 0.6) is 11.5 Å². The zero-order valence-electron chi connectivity index (χ0n) is 22.5. The Labute approximate surface area is 246 Å². The molecule has 0 radical (unpaired) electrons. The lowest BCUT2D eigenvalue weighted by molar-refractivity contribution is 0.141. The fourth-order valence-corrected chi connectivity index (χ4v) is 6.26. The Morgan fingerprint density at radius 1 is 0.725 bits per heavy atom. The smallest absolute Gasteiger partial charge is 0.124 e. The van der Waals surface area contributed by atoms with Crippen molar-refractivity contribution in [3.8, 4) is 11.5 Å². The monoisotopic (exact) mass is 576 g/mol. The summed E-state index contributed by atoms with van der Waals surface area (Å²) in [4.78, 5) is 0. The number of ether oxygens (including phenoxy) is 4. The summed E-state index contributed by atoms with van der Waals surface area (Å²) >= 11 is 13.3. The minimum Gasteiger partial charge on any atom is -0.488 e. The fourth-order valence-electron chi connectivity index (χ4n) is 5.87. The second kappa shape index (κ2) is 12.4. The minimum atomic E-state index is -0.317. The van der Waals surface area contributed by atoms with E-state index in [0.717, 1.165) is 72.4 Å².